The molecule has 36 heavy (non-hydrogen) atoms. The van der Waals surface area contributed by atoms with E-state index in [4.69, 9.17) is 17.1 Å². The van der Waals surface area contributed by atoms with E-state index >= 15 is 0 Å². The number of rotatable bonds is 12. The van der Waals surface area contributed by atoms with Crippen LogP contribution in [0.15, 0.2) is 76.2 Å². The Bertz CT molecular complexity index is 1040. The summed E-state index contributed by atoms with van der Waals surface area (Å²) in [6, 6.07) is 10.1. The Morgan fingerprint density at radius 1 is 1.31 bits per heavy atom. The van der Waals surface area contributed by atoms with Crippen molar-refractivity contribution in [2.45, 2.75) is 46.5 Å². The molecule has 1 atom stereocenters. The number of Topliss-reactive ketones (excluding diaryl/α,β-unsaturated/α-hetero) is 1. The molecule has 0 saturated heterocycles. The summed E-state index contributed by atoms with van der Waals surface area (Å²) < 4.78 is 0. The maximum Gasteiger partial charge on any atom is 0.156 e. The first-order valence-electron chi connectivity index (χ1n) is 12.6. The van der Waals surface area contributed by atoms with Gasteiger partial charge >= 0.3 is 0 Å². The van der Waals surface area contributed by atoms with Crippen molar-refractivity contribution in [2.75, 3.05) is 31.7 Å². The number of hydrogen-bond acceptors (Lipinski definition) is 6. The highest BCUT2D eigenvalue weighted by Gasteiger charge is 2.27. The number of amidine groups is 1. The first-order valence-corrected chi connectivity index (χ1v) is 12.6. The third kappa shape index (κ3) is 7.43. The van der Waals surface area contributed by atoms with Crippen molar-refractivity contribution in [1.29, 1.82) is 0 Å². The quantitative estimate of drug-likeness (QED) is 0.199. The normalized spacial score (nSPS) is 15.3. The Morgan fingerprint density at radius 3 is 2.50 bits per heavy atom. The van der Waals surface area contributed by atoms with Gasteiger partial charge in [-0.05, 0) is 50.3 Å². The number of hydrazone groups is 1. The van der Waals surface area contributed by atoms with Gasteiger partial charge in [0.25, 0.3) is 0 Å². The van der Waals surface area contributed by atoms with Crippen molar-refractivity contribution in [1.82, 2.24) is 9.91 Å². The zero-order valence-electron chi connectivity index (χ0n) is 22.2. The van der Waals surface area contributed by atoms with Gasteiger partial charge in [-0.15, -0.1) is 6.42 Å². The van der Waals surface area contributed by atoms with Gasteiger partial charge in [0.15, 0.2) is 11.6 Å². The Morgan fingerprint density at radius 2 is 1.97 bits per heavy atom. The molecule has 2 N–H and O–H groups in total. The summed E-state index contributed by atoms with van der Waals surface area (Å²) in [7, 11) is 2.00. The third-order valence-corrected chi connectivity index (χ3v) is 5.86. The lowest BCUT2D eigenvalue weighted by Crippen LogP contribution is -2.40. The summed E-state index contributed by atoms with van der Waals surface area (Å²) in [5.74, 6) is 2.96. The van der Waals surface area contributed by atoms with E-state index in [9.17, 15) is 4.79 Å². The van der Waals surface area contributed by atoms with Crippen LogP contribution in [0.25, 0.3) is 0 Å². The van der Waals surface area contributed by atoms with E-state index in [1.165, 1.54) is 6.92 Å². The molecule has 1 aromatic carbocycles. The van der Waals surface area contributed by atoms with Crippen LogP contribution in [0, 0.1) is 18.3 Å². The number of nitrogens with zero attached hydrogens (tertiary/aromatic N) is 5. The summed E-state index contributed by atoms with van der Waals surface area (Å²) in [6.45, 7) is 11.4. The highest BCUT2D eigenvalue weighted by atomic mass is 16.1. The van der Waals surface area contributed by atoms with Crippen LogP contribution in [0.4, 0.5) is 5.69 Å². The van der Waals surface area contributed by atoms with E-state index in [1.807, 2.05) is 60.8 Å². The molecule has 0 saturated carbocycles. The average Bonchev–Trinajstić information content (AvgIpc) is 3.09. The standard InChI is InChI=1S/C29H40N6O/c1-7-19-34(20-8-2)28(26(10-4)23(5)36)32-29-27(17-14-18-31-35(29)22-30)24(9-3)21-33(6)25-15-12-11-13-16-25/h4,9,11-13,15-16,18,21,26H,3,7-8,14,17,19-20,22,30H2,1-2,5-6H3/b24-21+,32-28+. The number of ketones is 1. The van der Waals surface area contributed by atoms with Crippen molar-refractivity contribution in [3.05, 3.63) is 66.2 Å². The lowest BCUT2D eigenvalue weighted by Gasteiger charge is -2.30. The van der Waals surface area contributed by atoms with Gasteiger partial charge in [0.1, 0.15) is 11.8 Å². The molecule has 7 heteroatoms. The average molecular weight is 489 g/mol. The van der Waals surface area contributed by atoms with E-state index in [2.05, 4.69) is 36.3 Å². The molecule has 0 radical (unpaired) electrons. The minimum atomic E-state index is -0.758. The van der Waals surface area contributed by atoms with Crippen molar-refractivity contribution in [3.8, 4) is 12.3 Å². The van der Waals surface area contributed by atoms with Crippen LogP contribution in [-0.4, -0.2) is 54.5 Å². The number of aliphatic imine (C=N–C) groups is 1. The second kappa shape index (κ2) is 14.7. The predicted octanol–water partition coefficient (Wildman–Crippen LogP) is 4.76. The fourth-order valence-electron chi connectivity index (χ4n) is 4.10. The summed E-state index contributed by atoms with van der Waals surface area (Å²) in [5.41, 5.74) is 9.02. The Balaban J connectivity index is 2.79. The van der Waals surface area contributed by atoms with Gasteiger partial charge in [-0.2, -0.15) is 5.10 Å². The molecular formula is C29H40N6O. The van der Waals surface area contributed by atoms with E-state index in [0.29, 0.717) is 18.1 Å². The van der Waals surface area contributed by atoms with Crippen LogP contribution in [0.2, 0.25) is 0 Å². The fourth-order valence-corrected chi connectivity index (χ4v) is 4.10. The Kier molecular flexibility index (Phi) is 11.7. The molecule has 7 nitrogen and oxygen atoms in total. The minimum Gasteiger partial charge on any atom is -0.359 e. The van der Waals surface area contributed by atoms with Crippen molar-refractivity contribution in [2.24, 2.45) is 21.7 Å². The van der Waals surface area contributed by atoms with Crippen LogP contribution < -0.4 is 10.6 Å². The number of benzene rings is 1. The molecule has 0 amide bonds. The monoisotopic (exact) mass is 488 g/mol. The lowest BCUT2D eigenvalue weighted by atomic mass is 10.0. The first-order chi connectivity index (χ1) is 17.4. The van der Waals surface area contributed by atoms with Crippen molar-refractivity contribution >= 4 is 23.5 Å². The van der Waals surface area contributed by atoms with Crippen LogP contribution in [0.5, 0.6) is 0 Å². The van der Waals surface area contributed by atoms with E-state index in [-0.39, 0.29) is 12.5 Å². The van der Waals surface area contributed by atoms with Gasteiger partial charge in [-0.1, -0.05) is 50.6 Å². The number of hydrogen-bond donors (Lipinski definition) is 1. The minimum absolute atomic E-state index is 0.115. The largest absolute Gasteiger partial charge is 0.359 e. The zero-order chi connectivity index (χ0) is 26.5. The second-order valence-electron chi connectivity index (χ2n) is 8.62. The van der Waals surface area contributed by atoms with Crippen LogP contribution in [-0.2, 0) is 4.79 Å². The highest BCUT2D eigenvalue weighted by Crippen LogP contribution is 2.29. The Labute approximate surface area is 216 Å². The fraction of sp³-hybridized carbons (Fsp3) is 0.414. The molecule has 1 unspecified atom stereocenters. The first kappa shape index (κ1) is 28.6. The van der Waals surface area contributed by atoms with Crippen LogP contribution in [0.1, 0.15) is 46.5 Å². The van der Waals surface area contributed by atoms with Crippen LogP contribution in [0.3, 0.4) is 0 Å². The van der Waals surface area contributed by atoms with E-state index < -0.39 is 5.92 Å². The molecular weight excluding hydrogens is 448 g/mol. The summed E-state index contributed by atoms with van der Waals surface area (Å²) in [5, 5.41) is 6.22. The molecule has 192 valence electrons. The van der Waals surface area contributed by atoms with Gasteiger partial charge in [-0.3, -0.25) is 4.79 Å². The SMILES string of the molecule is C#CC(C(C)=O)/C(=N\C1=C(C(/C=C)=C/N(C)c2ccccc2)CCC=NN1CN)N(CCC)CCC. The van der Waals surface area contributed by atoms with E-state index in [1.54, 1.807) is 5.01 Å². The Hall–Kier alpha value is -3.63. The van der Waals surface area contributed by atoms with Gasteiger partial charge < -0.3 is 15.5 Å². The molecule has 1 aliphatic heterocycles. The molecule has 0 aromatic heterocycles. The lowest BCUT2D eigenvalue weighted by molar-refractivity contribution is -0.117. The predicted molar refractivity (Wildman–Crippen MR) is 151 cm³/mol. The van der Waals surface area contributed by atoms with Gasteiger partial charge in [0, 0.05) is 43.8 Å². The summed E-state index contributed by atoms with van der Waals surface area (Å²) in [6.07, 6.45) is 14.8. The molecule has 1 heterocycles. The number of carbonyl (C=O) groups is 1. The summed E-state index contributed by atoms with van der Waals surface area (Å²) in [4.78, 5) is 21.9. The highest BCUT2D eigenvalue weighted by molar-refractivity contribution is 6.06. The topological polar surface area (TPSA) is 77.5 Å². The van der Waals surface area contributed by atoms with E-state index in [0.717, 1.165) is 49.2 Å². The summed E-state index contributed by atoms with van der Waals surface area (Å²) >= 11 is 0. The number of nitrogens with two attached hydrogens (primary N) is 1. The smallest absolute Gasteiger partial charge is 0.156 e. The van der Waals surface area contributed by atoms with Crippen molar-refractivity contribution < 1.29 is 4.79 Å². The number of para-hydroxylation sites is 1. The number of terminal acetylenes is 1. The molecule has 1 aliphatic rings. The van der Waals surface area contributed by atoms with Gasteiger partial charge in [-0.25, -0.2) is 10.0 Å². The number of carbonyl (C=O) groups excluding carboxylic acids is 1. The van der Waals surface area contributed by atoms with Gasteiger partial charge in [0.05, 0.1) is 6.67 Å². The van der Waals surface area contributed by atoms with Crippen LogP contribution >= 0.6 is 0 Å². The maximum atomic E-state index is 12.6. The second-order valence-corrected chi connectivity index (χ2v) is 8.62. The number of allylic oxidation sites excluding steroid dienone is 3. The molecule has 0 fully saturated rings. The maximum absolute atomic E-state index is 12.6. The number of anilines is 1. The third-order valence-electron chi connectivity index (χ3n) is 5.86. The molecule has 0 aliphatic carbocycles. The molecule has 0 spiro atoms. The zero-order valence-corrected chi connectivity index (χ0v) is 22.2. The molecule has 2 rings (SSSR count). The van der Waals surface area contributed by atoms with Crippen molar-refractivity contribution in [3.63, 3.8) is 0 Å². The van der Waals surface area contributed by atoms with Gasteiger partial charge in [0.2, 0.25) is 0 Å². The molecule has 0 bridgehead atoms. The molecule has 1 aromatic rings.